The van der Waals surface area contributed by atoms with E-state index in [4.69, 9.17) is 8.92 Å². The van der Waals surface area contributed by atoms with Crippen LogP contribution in [-0.2, 0) is 20.7 Å². The summed E-state index contributed by atoms with van der Waals surface area (Å²) in [5, 5.41) is 0. The van der Waals surface area contributed by atoms with Crippen LogP contribution in [-0.4, -0.2) is 50.7 Å². The molecule has 0 unspecified atom stereocenters. The van der Waals surface area contributed by atoms with Crippen molar-refractivity contribution in [3.05, 3.63) is 100 Å². The van der Waals surface area contributed by atoms with Crippen LogP contribution in [0.1, 0.15) is 68.3 Å². The van der Waals surface area contributed by atoms with Crippen molar-refractivity contribution in [3.63, 3.8) is 0 Å². The van der Waals surface area contributed by atoms with Crippen LogP contribution in [0.5, 0.6) is 5.75 Å². The molecule has 5 rings (SSSR count). The lowest BCUT2D eigenvalue weighted by Crippen LogP contribution is -2.47. The third-order valence-electron chi connectivity index (χ3n) is 8.48. The van der Waals surface area contributed by atoms with Crippen molar-refractivity contribution in [1.82, 2.24) is 4.90 Å². The minimum absolute atomic E-state index is 0.0474. The van der Waals surface area contributed by atoms with E-state index in [-0.39, 0.29) is 28.8 Å². The molecule has 0 fully saturated rings. The molecular weight excluding hydrogens is 625 g/mol. The lowest BCUT2D eigenvalue weighted by atomic mass is 9.84. The van der Waals surface area contributed by atoms with Gasteiger partial charge in [-0.1, -0.05) is 42.0 Å². The minimum Gasteiger partial charge on any atom is -0.493 e. The highest BCUT2D eigenvalue weighted by Gasteiger charge is 2.43. The highest BCUT2D eigenvalue weighted by atomic mass is 32.2. The summed E-state index contributed by atoms with van der Waals surface area (Å²) >= 11 is 0. The number of alkyl halides is 3. The maximum atomic E-state index is 15.8. The Labute approximate surface area is 267 Å². The molecule has 0 saturated carbocycles. The second-order valence-corrected chi connectivity index (χ2v) is 14.4. The molecule has 0 bridgehead atoms. The van der Waals surface area contributed by atoms with Crippen LogP contribution in [0.4, 0.5) is 22.0 Å². The topological polar surface area (TPSA) is 55.8 Å². The Balaban J connectivity index is 1.28. The van der Waals surface area contributed by atoms with Gasteiger partial charge in [-0.25, -0.2) is 22.0 Å². The number of hydrogen-bond acceptors (Lipinski definition) is 5. The summed E-state index contributed by atoms with van der Waals surface area (Å²) in [6.45, 7) is 5.17. The summed E-state index contributed by atoms with van der Waals surface area (Å²) in [5.74, 6) is -5.46. The van der Waals surface area contributed by atoms with E-state index < -0.39 is 65.4 Å². The normalized spacial score (nSPS) is 18.9. The summed E-state index contributed by atoms with van der Waals surface area (Å²) in [5.41, 5.74) is 2.88. The Kier molecular flexibility index (Phi) is 9.69. The zero-order valence-electron chi connectivity index (χ0n) is 26.3. The molecule has 11 heteroatoms. The quantitative estimate of drug-likeness (QED) is 0.144. The minimum atomic E-state index is -4.20. The summed E-state index contributed by atoms with van der Waals surface area (Å²) in [4.78, 5) is 1.66. The standard InChI is InChI=1S/C35H38F5NO4S/c1-22-9-11-26(12-10-22)46(42,43)45-16-14-35(39,40)13-15-44-25-19-30(36)32(31(37)20-25)33-29-18-24-7-5-6-8-27(24)28(29)17-23(2)41(33)21-34(3,4)38/h5-12,19-20,23,33H,13-18,21H2,1-4H3/t23-,33+/m1/s1. The molecule has 5 nitrogen and oxygen atoms in total. The smallest absolute Gasteiger partial charge is 0.296 e. The molecule has 0 amide bonds. The largest absolute Gasteiger partial charge is 0.493 e. The van der Waals surface area contributed by atoms with Crippen LogP contribution in [0.15, 0.2) is 71.1 Å². The van der Waals surface area contributed by atoms with Gasteiger partial charge < -0.3 is 4.74 Å². The van der Waals surface area contributed by atoms with E-state index in [1.54, 1.807) is 24.0 Å². The van der Waals surface area contributed by atoms with Gasteiger partial charge in [0.2, 0.25) is 0 Å². The summed E-state index contributed by atoms with van der Waals surface area (Å²) in [6, 6.07) is 14.5. The van der Waals surface area contributed by atoms with Gasteiger partial charge in [0.15, 0.2) is 0 Å². The molecule has 0 N–H and O–H groups in total. The molecule has 2 aliphatic rings. The van der Waals surface area contributed by atoms with E-state index in [0.29, 0.717) is 12.8 Å². The molecule has 1 aliphatic carbocycles. The number of benzene rings is 3. The van der Waals surface area contributed by atoms with Gasteiger partial charge >= 0.3 is 0 Å². The molecule has 0 aromatic heterocycles. The zero-order chi connectivity index (χ0) is 33.4. The molecule has 0 saturated heterocycles. The molecule has 3 aromatic carbocycles. The van der Waals surface area contributed by atoms with Crippen molar-refractivity contribution in [2.45, 2.75) is 81.9 Å². The fourth-order valence-corrected chi connectivity index (χ4v) is 7.18. The molecule has 1 heterocycles. The molecular formula is C35H38F5NO4S. The van der Waals surface area contributed by atoms with Gasteiger partial charge in [-0.05, 0) is 74.9 Å². The maximum absolute atomic E-state index is 15.8. The molecule has 0 spiro atoms. The first-order valence-electron chi connectivity index (χ1n) is 15.3. The first-order valence-corrected chi connectivity index (χ1v) is 16.7. The van der Waals surface area contributed by atoms with Crippen LogP contribution >= 0.6 is 0 Å². The van der Waals surface area contributed by atoms with Crippen molar-refractivity contribution < 1.29 is 39.3 Å². The summed E-state index contributed by atoms with van der Waals surface area (Å²) in [6.07, 6.45) is -0.641. The van der Waals surface area contributed by atoms with E-state index in [1.807, 2.05) is 31.2 Å². The molecule has 1 aliphatic heterocycles. The first kappa shape index (κ1) is 34.1. The van der Waals surface area contributed by atoms with Crippen molar-refractivity contribution in [1.29, 1.82) is 0 Å². The predicted molar refractivity (Wildman–Crippen MR) is 166 cm³/mol. The summed E-state index contributed by atoms with van der Waals surface area (Å²) < 4.78 is 110. The number of nitrogens with zero attached hydrogens (tertiary/aromatic N) is 1. The number of fused-ring (bicyclic) bond motifs is 2. The van der Waals surface area contributed by atoms with E-state index in [1.165, 1.54) is 26.0 Å². The second-order valence-electron chi connectivity index (χ2n) is 12.8. The number of rotatable bonds is 12. The van der Waals surface area contributed by atoms with Gasteiger partial charge in [-0.15, -0.1) is 0 Å². The third-order valence-corrected chi connectivity index (χ3v) is 9.80. The van der Waals surface area contributed by atoms with Crippen molar-refractivity contribution in [2.24, 2.45) is 0 Å². The van der Waals surface area contributed by atoms with E-state index in [0.717, 1.165) is 40.0 Å². The lowest BCUT2D eigenvalue weighted by molar-refractivity contribution is -0.0349. The molecule has 3 aromatic rings. The van der Waals surface area contributed by atoms with Crippen LogP contribution in [0, 0.1) is 18.6 Å². The average molecular weight is 664 g/mol. The Morgan fingerprint density at radius 3 is 2.22 bits per heavy atom. The van der Waals surface area contributed by atoms with Gasteiger partial charge in [0.25, 0.3) is 16.0 Å². The number of aryl methyl sites for hydroxylation is 1. The van der Waals surface area contributed by atoms with Gasteiger partial charge in [-0.3, -0.25) is 9.08 Å². The molecule has 46 heavy (non-hydrogen) atoms. The summed E-state index contributed by atoms with van der Waals surface area (Å²) in [7, 11) is -4.20. The van der Waals surface area contributed by atoms with Crippen LogP contribution < -0.4 is 4.74 Å². The van der Waals surface area contributed by atoms with E-state index >= 15 is 13.2 Å². The van der Waals surface area contributed by atoms with Gasteiger partial charge in [0.1, 0.15) is 23.1 Å². The molecule has 0 radical (unpaired) electrons. The predicted octanol–water partition coefficient (Wildman–Crippen LogP) is 8.37. The van der Waals surface area contributed by atoms with Gasteiger partial charge in [0.05, 0.1) is 24.2 Å². The van der Waals surface area contributed by atoms with Gasteiger partial charge in [0, 0.05) is 43.1 Å². The number of halogens is 5. The van der Waals surface area contributed by atoms with Crippen LogP contribution in [0.3, 0.4) is 0 Å². The van der Waals surface area contributed by atoms with Gasteiger partial charge in [-0.2, -0.15) is 8.42 Å². The lowest BCUT2D eigenvalue weighted by Gasteiger charge is -2.44. The Bertz CT molecular complexity index is 1690. The van der Waals surface area contributed by atoms with Crippen LogP contribution in [0.25, 0.3) is 5.57 Å². The zero-order valence-corrected chi connectivity index (χ0v) is 27.1. The average Bonchev–Trinajstić information content (AvgIpc) is 3.31. The number of ether oxygens (including phenoxy) is 1. The van der Waals surface area contributed by atoms with Crippen molar-refractivity contribution in [2.75, 3.05) is 19.8 Å². The monoisotopic (exact) mass is 663 g/mol. The maximum Gasteiger partial charge on any atom is 0.296 e. The second kappa shape index (κ2) is 13.1. The molecule has 248 valence electrons. The Morgan fingerprint density at radius 2 is 1.57 bits per heavy atom. The highest BCUT2D eigenvalue weighted by molar-refractivity contribution is 7.86. The third kappa shape index (κ3) is 7.64. The van der Waals surface area contributed by atoms with E-state index in [9.17, 15) is 17.2 Å². The fourth-order valence-electron chi connectivity index (χ4n) is 6.27. The van der Waals surface area contributed by atoms with Crippen molar-refractivity contribution in [3.8, 4) is 5.75 Å². The SMILES string of the molecule is Cc1ccc(S(=O)(=O)OCCC(F)(F)CCOc2cc(F)c([C@@H]3C4=C(C[C@@H](C)N3CC(C)(C)F)c3ccccc3C4)c(F)c2)cc1. The van der Waals surface area contributed by atoms with Crippen LogP contribution in [0.2, 0.25) is 0 Å². The Morgan fingerprint density at radius 1 is 0.935 bits per heavy atom. The fraction of sp³-hybridized carbons (Fsp3) is 0.429. The van der Waals surface area contributed by atoms with E-state index in [2.05, 4.69) is 0 Å². The number of hydrogen-bond donors (Lipinski definition) is 0. The first-order chi connectivity index (χ1) is 21.5. The highest BCUT2D eigenvalue weighted by Crippen LogP contribution is 2.50. The molecule has 2 atom stereocenters. The Hall–Kier alpha value is -3.28. The van der Waals surface area contributed by atoms with Crippen molar-refractivity contribution >= 4 is 15.7 Å².